The highest BCUT2D eigenvalue weighted by atomic mass is 16.3. The Hall–Kier alpha value is -7.62. The second kappa shape index (κ2) is 12.7. The molecule has 3 aromatic heterocycles. The zero-order chi connectivity index (χ0) is 38.3. The Morgan fingerprint density at radius 3 is 1.59 bits per heavy atom. The zero-order valence-electron chi connectivity index (χ0n) is 31.9. The summed E-state index contributed by atoms with van der Waals surface area (Å²) < 4.78 is 11.2. The molecule has 9 aromatic carbocycles. The first-order chi connectivity index (χ1) is 28.7. The maximum absolute atomic E-state index is 6.43. The molecule has 3 nitrogen and oxygen atoms in total. The van der Waals surface area contributed by atoms with Crippen LogP contribution in [0.25, 0.3) is 110 Å². The number of hydrogen-bond acceptors (Lipinski definition) is 1. The van der Waals surface area contributed by atoms with Gasteiger partial charge in [-0.2, -0.15) is 0 Å². The van der Waals surface area contributed by atoms with Crippen molar-refractivity contribution in [2.24, 2.45) is 0 Å². The Morgan fingerprint density at radius 2 is 0.914 bits per heavy atom. The molecule has 12 rings (SSSR count). The van der Waals surface area contributed by atoms with Gasteiger partial charge < -0.3 is 13.6 Å². The van der Waals surface area contributed by atoms with Gasteiger partial charge in [0.1, 0.15) is 11.2 Å². The molecule has 0 bridgehead atoms. The van der Waals surface area contributed by atoms with E-state index in [1.807, 2.05) is 0 Å². The fourth-order valence-electron chi connectivity index (χ4n) is 9.44. The number of fused-ring (bicyclic) bond motifs is 13. The molecule has 0 saturated heterocycles. The molecule has 0 amide bonds. The van der Waals surface area contributed by atoms with Crippen molar-refractivity contribution in [3.8, 4) is 11.4 Å². The van der Waals surface area contributed by atoms with Crippen molar-refractivity contribution < 1.29 is 4.42 Å². The summed E-state index contributed by atoms with van der Waals surface area (Å²) in [5, 5.41) is 13.6. The van der Waals surface area contributed by atoms with Crippen molar-refractivity contribution in [1.29, 1.82) is 0 Å². The van der Waals surface area contributed by atoms with Gasteiger partial charge in [-0.1, -0.05) is 127 Å². The molecule has 272 valence electrons. The van der Waals surface area contributed by atoms with Gasteiger partial charge in [-0.05, 0) is 123 Å². The van der Waals surface area contributed by atoms with Crippen LogP contribution in [0.2, 0.25) is 0 Å². The Balaban J connectivity index is 0.971. The van der Waals surface area contributed by atoms with E-state index in [-0.39, 0.29) is 0 Å². The lowest BCUT2D eigenvalue weighted by atomic mass is 9.94. The Morgan fingerprint density at radius 1 is 0.414 bits per heavy atom. The van der Waals surface area contributed by atoms with Crippen LogP contribution < -0.4 is 0 Å². The molecular formula is C55H36N2O. The maximum Gasteiger partial charge on any atom is 0.135 e. The van der Waals surface area contributed by atoms with Crippen LogP contribution in [0.4, 0.5) is 0 Å². The van der Waals surface area contributed by atoms with Crippen molar-refractivity contribution >= 4 is 98.6 Å². The van der Waals surface area contributed by atoms with Gasteiger partial charge in [0.15, 0.2) is 0 Å². The number of furan rings is 1. The minimum Gasteiger partial charge on any atom is -0.456 e. The molecule has 0 aliphatic rings. The van der Waals surface area contributed by atoms with Gasteiger partial charge in [-0.25, -0.2) is 0 Å². The molecule has 0 aliphatic heterocycles. The molecule has 0 aliphatic carbocycles. The standard InChI is InChI=1S/C55H36N2O/c1-2-35(36-24-29-54-49(32-36)50-34-40(27-30-55(50)58-54)57-52-21-11-8-18-46(52)47-19-9-12-22-53(47)57)23-25-38-31-37-13-3-10-20-51(37)56(38)39-26-28-45-43-16-5-4-14-41(43)42-15-6-7-17-44(42)48(45)33-39/h2-34H,1H3/b25-23-,35-2+. The van der Waals surface area contributed by atoms with E-state index < -0.39 is 0 Å². The predicted octanol–water partition coefficient (Wildman–Crippen LogP) is 15.2. The van der Waals surface area contributed by atoms with Crippen LogP contribution in [-0.4, -0.2) is 9.13 Å². The summed E-state index contributed by atoms with van der Waals surface area (Å²) >= 11 is 0. The fourth-order valence-corrected chi connectivity index (χ4v) is 9.44. The average molecular weight is 741 g/mol. The van der Waals surface area contributed by atoms with Crippen molar-refractivity contribution in [3.05, 3.63) is 205 Å². The first kappa shape index (κ1) is 32.6. The van der Waals surface area contributed by atoms with Gasteiger partial charge in [-0.3, -0.25) is 0 Å². The second-order valence-corrected chi connectivity index (χ2v) is 15.2. The third-order valence-electron chi connectivity index (χ3n) is 12.1. The number of allylic oxidation sites excluding steroid dienone is 3. The van der Waals surface area contributed by atoms with Crippen LogP contribution in [0.1, 0.15) is 18.2 Å². The Labute approximate surface area is 334 Å². The molecule has 12 aromatic rings. The third kappa shape index (κ3) is 4.87. The van der Waals surface area contributed by atoms with E-state index in [2.05, 4.69) is 216 Å². The summed E-state index contributed by atoms with van der Waals surface area (Å²) in [5.41, 5.74) is 11.0. The van der Waals surface area contributed by atoms with Gasteiger partial charge >= 0.3 is 0 Å². The van der Waals surface area contributed by atoms with E-state index >= 15 is 0 Å². The van der Waals surface area contributed by atoms with E-state index in [0.717, 1.165) is 50.1 Å². The van der Waals surface area contributed by atoms with Gasteiger partial charge in [0.05, 0.1) is 16.6 Å². The molecule has 0 unspecified atom stereocenters. The summed E-state index contributed by atoms with van der Waals surface area (Å²) in [5.74, 6) is 0. The molecule has 0 atom stereocenters. The van der Waals surface area contributed by atoms with E-state index in [9.17, 15) is 0 Å². The highest BCUT2D eigenvalue weighted by Crippen LogP contribution is 2.39. The third-order valence-corrected chi connectivity index (χ3v) is 12.1. The Bertz CT molecular complexity index is 3610. The highest BCUT2D eigenvalue weighted by Gasteiger charge is 2.16. The minimum atomic E-state index is 0.884. The lowest BCUT2D eigenvalue weighted by molar-refractivity contribution is 0.669. The van der Waals surface area contributed by atoms with Crippen LogP contribution in [0, 0.1) is 0 Å². The van der Waals surface area contributed by atoms with E-state index in [1.165, 1.54) is 65.0 Å². The number of aromatic nitrogens is 2. The lowest BCUT2D eigenvalue weighted by Crippen LogP contribution is -1.97. The van der Waals surface area contributed by atoms with E-state index in [4.69, 9.17) is 4.42 Å². The van der Waals surface area contributed by atoms with Gasteiger partial charge in [0.2, 0.25) is 0 Å². The van der Waals surface area contributed by atoms with E-state index in [0.29, 0.717) is 0 Å². The highest BCUT2D eigenvalue weighted by molar-refractivity contribution is 6.25. The van der Waals surface area contributed by atoms with Crippen molar-refractivity contribution in [2.45, 2.75) is 6.92 Å². The first-order valence-electron chi connectivity index (χ1n) is 20.0. The van der Waals surface area contributed by atoms with Crippen molar-refractivity contribution in [2.75, 3.05) is 0 Å². The van der Waals surface area contributed by atoms with Crippen molar-refractivity contribution in [1.82, 2.24) is 9.13 Å². The average Bonchev–Trinajstić information content (AvgIpc) is 3.95. The summed E-state index contributed by atoms with van der Waals surface area (Å²) in [4.78, 5) is 0. The van der Waals surface area contributed by atoms with Gasteiger partial charge in [-0.15, -0.1) is 0 Å². The monoisotopic (exact) mass is 740 g/mol. The SMILES string of the molecule is C/C=C(\C=C/c1cc2ccccc2n1-c1ccc2c3ccccc3c3ccccc3c2c1)c1ccc2oc3ccc(-n4c5ccccc5c5ccccc54)cc3c2c1. The molecule has 0 spiro atoms. The molecule has 58 heavy (non-hydrogen) atoms. The number of para-hydroxylation sites is 3. The summed E-state index contributed by atoms with van der Waals surface area (Å²) in [6, 6.07) is 65.9. The summed E-state index contributed by atoms with van der Waals surface area (Å²) in [6.07, 6.45) is 6.71. The molecule has 3 heterocycles. The zero-order valence-corrected chi connectivity index (χ0v) is 31.9. The number of rotatable bonds is 5. The smallest absolute Gasteiger partial charge is 0.135 e. The largest absolute Gasteiger partial charge is 0.456 e. The number of benzene rings is 9. The molecule has 0 N–H and O–H groups in total. The van der Waals surface area contributed by atoms with Gasteiger partial charge in [0.25, 0.3) is 0 Å². The predicted molar refractivity (Wildman–Crippen MR) is 247 cm³/mol. The van der Waals surface area contributed by atoms with Crippen LogP contribution in [-0.2, 0) is 0 Å². The molecule has 0 radical (unpaired) electrons. The van der Waals surface area contributed by atoms with E-state index in [1.54, 1.807) is 0 Å². The first-order valence-corrected chi connectivity index (χ1v) is 20.0. The second-order valence-electron chi connectivity index (χ2n) is 15.2. The Kier molecular flexibility index (Phi) is 7.14. The van der Waals surface area contributed by atoms with Crippen LogP contribution in [0.15, 0.2) is 199 Å². The topological polar surface area (TPSA) is 23.0 Å². The number of nitrogens with zero attached hydrogens (tertiary/aromatic N) is 2. The summed E-state index contributed by atoms with van der Waals surface area (Å²) in [6.45, 7) is 2.12. The fraction of sp³-hybridized carbons (Fsp3) is 0.0182. The van der Waals surface area contributed by atoms with Crippen LogP contribution in [0.5, 0.6) is 0 Å². The lowest BCUT2D eigenvalue weighted by Gasteiger charge is -2.14. The normalized spacial score (nSPS) is 12.6. The molecule has 3 heteroatoms. The maximum atomic E-state index is 6.43. The quantitative estimate of drug-likeness (QED) is 0.127. The molecule has 0 fully saturated rings. The summed E-state index contributed by atoms with van der Waals surface area (Å²) in [7, 11) is 0. The number of hydrogen-bond donors (Lipinski definition) is 0. The van der Waals surface area contributed by atoms with Gasteiger partial charge in [0, 0.05) is 44.0 Å². The van der Waals surface area contributed by atoms with Crippen LogP contribution in [0.3, 0.4) is 0 Å². The van der Waals surface area contributed by atoms with Crippen molar-refractivity contribution in [3.63, 3.8) is 0 Å². The molecule has 0 saturated carbocycles. The van der Waals surface area contributed by atoms with Crippen LogP contribution >= 0.6 is 0 Å². The molecular weight excluding hydrogens is 705 g/mol. The minimum absolute atomic E-state index is 0.884.